The van der Waals surface area contributed by atoms with Crippen LogP contribution in [0.25, 0.3) is 0 Å². The number of rotatable bonds is 9. The van der Waals surface area contributed by atoms with E-state index in [-0.39, 0.29) is 0 Å². The average Bonchev–Trinajstić information content (AvgIpc) is 2.96. The van der Waals surface area contributed by atoms with E-state index in [4.69, 9.17) is 9.73 Å². The fraction of sp³-hybridized carbons (Fsp3) is 0.526. The first kappa shape index (κ1) is 19.9. The number of aromatic nitrogens is 3. The number of hydrogen-bond acceptors (Lipinski definition) is 4. The summed E-state index contributed by atoms with van der Waals surface area (Å²) in [5.41, 5.74) is 2.47. The molecule has 2 aromatic rings. The second kappa shape index (κ2) is 10.6. The minimum atomic E-state index is 0.572. The first-order chi connectivity index (χ1) is 12.6. The molecule has 0 fully saturated rings. The van der Waals surface area contributed by atoms with Crippen LogP contribution in [0.3, 0.4) is 0 Å². The molecule has 0 atom stereocenters. The highest BCUT2D eigenvalue weighted by Gasteiger charge is 2.06. The smallest absolute Gasteiger partial charge is 0.191 e. The summed E-state index contributed by atoms with van der Waals surface area (Å²) in [6.45, 7) is 9.55. The number of nitrogens with one attached hydrogen (secondary N) is 2. The number of benzene rings is 1. The van der Waals surface area contributed by atoms with Crippen molar-refractivity contribution in [2.75, 3.05) is 19.8 Å². The number of ether oxygens (including phenoxy) is 1. The van der Waals surface area contributed by atoms with Gasteiger partial charge in [0.1, 0.15) is 5.82 Å². The van der Waals surface area contributed by atoms with Crippen LogP contribution in [-0.2, 0) is 24.9 Å². The lowest BCUT2D eigenvalue weighted by Gasteiger charge is -2.13. The highest BCUT2D eigenvalue weighted by Crippen LogP contribution is 2.08. The molecule has 26 heavy (non-hydrogen) atoms. The van der Waals surface area contributed by atoms with E-state index in [2.05, 4.69) is 39.9 Å². The summed E-state index contributed by atoms with van der Waals surface area (Å²) in [6, 6.07) is 8.31. The van der Waals surface area contributed by atoms with Crippen LogP contribution in [0.1, 0.15) is 36.1 Å². The molecule has 0 aliphatic heterocycles. The molecule has 0 saturated carbocycles. The molecule has 1 heterocycles. The van der Waals surface area contributed by atoms with Gasteiger partial charge in [-0.05, 0) is 38.3 Å². The van der Waals surface area contributed by atoms with Crippen LogP contribution in [-0.4, -0.2) is 40.5 Å². The molecule has 0 unspecified atom stereocenters. The first-order valence-corrected chi connectivity index (χ1v) is 9.11. The Morgan fingerprint density at radius 2 is 2.00 bits per heavy atom. The van der Waals surface area contributed by atoms with Crippen molar-refractivity contribution in [3.63, 3.8) is 0 Å². The van der Waals surface area contributed by atoms with Crippen LogP contribution in [0.2, 0.25) is 0 Å². The standard InChI is InChI=1S/C19H30N6O/c1-5-26-12-8-11-20-19(21-13-17-10-7-6-9-15(17)2)22-14-18-24-23-16(3)25(18)4/h6-7,9-10H,5,8,11-14H2,1-4H3,(H2,20,21,22). The zero-order valence-electron chi connectivity index (χ0n) is 16.2. The van der Waals surface area contributed by atoms with Crippen molar-refractivity contribution in [2.45, 2.75) is 40.3 Å². The molecule has 2 N–H and O–H groups in total. The van der Waals surface area contributed by atoms with Gasteiger partial charge in [0, 0.05) is 26.8 Å². The normalized spacial score (nSPS) is 11.6. The third kappa shape index (κ3) is 6.15. The molecule has 0 radical (unpaired) electrons. The number of aliphatic imine (C=N–C) groups is 1. The van der Waals surface area contributed by atoms with E-state index in [9.17, 15) is 0 Å². The molecule has 0 spiro atoms. The third-order valence-corrected chi connectivity index (χ3v) is 4.23. The molecule has 142 valence electrons. The maximum Gasteiger partial charge on any atom is 0.191 e. The van der Waals surface area contributed by atoms with Gasteiger partial charge in [0.15, 0.2) is 11.8 Å². The molecule has 0 bridgehead atoms. The van der Waals surface area contributed by atoms with Gasteiger partial charge in [0.05, 0.1) is 13.1 Å². The highest BCUT2D eigenvalue weighted by atomic mass is 16.5. The van der Waals surface area contributed by atoms with Crippen LogP contribution in [0, 0.1) is 13.8 Å². The summed E-state index contributed by atoms with van der Waals surface area (Å²) in [5, 5.41) is 15.0. The van der Waals surface area contributed by atoms with Gasteiger partial charge in [0.25, 0.3) is 0 Å². The van der Waals surface area contributed by atoms with Crippen molar-refractivity contribution < 1.29 is 4.74 Å². The van der Waals surface area contributed by atoms with Gasteiger partial charge in [-0.2, -0.15) is 0 Å². The Labute approximate surface area is 155 Å². The van der Waals surface area contributed by atoms with Gasteiger partial charge in [-0.1, -0.05) is 24.3 Å². The molecule has 7 heteroatoms. The van der Waals surface area contributed by atoms with Gasteiger partial charge in [-0.3, -0.25) is 0 Å². The molecule has 0 amide bonds. The lowest BCUT2D eigenvalue weighted by Crippen LogP contribution is -2.38. The number of hydrogen-bond donors (Lipinski definition) is 2. The summed E-state index contributed by atoms with van der Waals surface area (Å²) in [6.07, 6.45) is 0.933. The minimum absolute atomic E-state index is 0.572. The maximum absolute atomic E-state index is 5.39. The molecule has 0 saturated heterocycles. The Kier molecular flexibility index (Phi) is 8.08. The highest BCUT2D eigenvalue weighted by molar-refractivity contribution is 5.79. The largest absolute Gasteiger partial charge is 0.382 e. The van der Waals surface area contributed by atoms with Gasteiger partial charge >= 0.3 is 0 Å². The fourth-order valence-electron chi connectivity index (χ4n) is 2.42. The van der Waals surface area contributed by atoms with Crippen LogP contribution < -0.4 is 10.6 Å². The minimum Gasteiger partial charge on any atom is -0.382 e. The van der Waals surface area contributed by atoms with Gasteiger partial charge in [-0.15, -0.1) is 10.2 Å². The Morgan fingerprint density at radius 3 is 2.69 bits per heavy atom. The summed E-state index contributed by atoms with van der Waals surface area (Å²) >= 11 is 0. The van der Waals surface area contributed by atoms with Crippen molar-refractivity contribution >= 4 is 5.96 Å². The summed E-state index contributed by atoms with van der Waals surface area (Å²) in [5.74, 6) is 2.54. The SMILES string of the molecule is CCOCCCNC(=NCc1ccccc1C)NCc1nnc(C)n1C. The summed E-state index contributed by atoms with van der Waals surface area (Å²) in [7, 11) is 1.96. The molecular weight excluding hydrogens is 328 g/mol. The Bertz CT molecular complexity index is 710. The zero-order chi connectivity index (χ0) is 18.8. The maximum atomic E-state index is 5.39. The van der Waals surface area contributed by atoms with Crippen LogP contribution in [0.4, 0.5) is 0 Å². The molecular formula is C19H30N6O. The second-order valence-electron chi connectivity index (χ2n) is 6.14. The first-order valence-electron chi connectivity index (χ1n) is 9.11. The number of guanidine groups is 1. The molecule has 1 aromatic carbocycles. The number of aryl methyl sites for hydroxylation is 2. The molecule has 0 aliphatic rings. The summed E-state index contributed by atoms with van der Waals surface area (Å²) in [4.78, 5) is 4.72. The Hall–Kier alpha value is -2.41. The van der Waals surface area contributed by atoms with Crippen LogP contribution >= 0.6 is 0 Å². The third-order valence-electron chi connectivity index (χ3n) is 4.23. The lowest BCUT2D eigenvalue weighted by atomic mass is 10.1. The Balaban J connectivity index is 1.97. The van der Waals surface area contributed by atoms with Gasteiger partial charge < -0.3 is 19.9 Å². The van der Waals surface area contributed by atoms with Crippen molar-refractivity contribution in [3.8, 4) is 0 Å². The van der Waals surface area contributed by atoms with Crippen molar-refractivity contribution in [1.29, 1.82) is 0 Å². The van der Waals surface area contributed by atoms with Crippen molar-refractivity contribution in [3.05, 3.63) is 47.0 Å². The van der Waals surface area contributed by atoms with Crippen LogP contribution in [0.5, 0.6) is 0 Å². The predicted molar refractivity (Wildman–Crippen MR) is 104 cm³/mol. The van der Waals surface area contributed by atoms with E-state index in [0.717, 1.165) is 43.8 Å². The van der Waals surface area contributed by atoms with E-state index in [1.807, 2.05) is 37.6 Å². The zero-order valence-corrected chi connectivity index (χ0v) is 16.2. The quantitative estimate of drug-likeness (QED) is 0.408. The number of nitrogens with zero attached hydrogens (tertiary/aromatic N) is 4. The Morgan fingerprint density at radius 1 is 1.19 bits per heavy atom. The van der Waals surface area contributed by atoms with E-state index >= 15 is 0 Å². The molecule has 7 nitrogen and oxygen atoms in total. The average molecular weight is 358 g/mol. The van der Waals surface area contributed by atoms with E-state index < -0.39 is 0 Å². The van der Waals surface area contributed by atoms with Gasteiger partial charge in [-0.25, -0.2) is 4.99 Å². The van der Waals surface area contributed by atoms with E-state index in [0.29, 0.717) is 13.1 Å². The van der Waals surface area contributed by atoms with E-state index in [1.54, 1.807) is 0 Å². The predicted octanol–water partition coefficient (Wildman–Crippen LogP) is 2.09. The second-order valence-corrected chi connectivity index (χ2v) is 6.14. The topological polar surface area (TPSA) is 76.4 Å². The van der Waals surface area contributed by atoms with Crippen molar-refractivity contribution in [1.82, 2.24) is 25.4 Å². The lowest BCUT2D eigenvalue weighted by molar-refractivity contribution is 0.145. The van der Waals surface area contributed by atoms with Crippen LogP contribution in [0.15, 0.2) is 29.3 Å². The van der Waals surface area contributed by atoms with Crippen molar-refractivity contribution in [2.24, 2.45) is 12.0 Å². The molecule has 1 aromatic heterocycles. The fourth-order valence-corrected chi connectivity index (χ4v) is 2.42. The van der Waals surface area contributed by atoms with Gasteiger partial charge in [0.2, 0.25) is 0 Å². The van der Waals surface area contributed by atoms with E-state index in [1.165, 1.54) is 11.1 Å². The molecule has 2 rings (SSSR count). The molecule has 0 aliphatic carbocycles. The summed E-state index contributed by atoms with van der Waals surface area (Å²) < 4.78 is 7.36. The monoisotopic (exact) mass is 358 g/mol.